The maximum atomic E-state index is 13.0. The summed E-state index contributed by atoms with van der Waals surface area (Å²) in [5.74, 6) is -0.580. The van der Waals surface area contributed by atoms with Gasteiger partial charge in [-0.1, -0.05) is 6.07 Å². The zero-order valence-electron chi connectivity index (χ0n) is 9.63. The number of halogens is 4. The van der Waals surface area contributed by atoms with Crippen LogP contribution >= 0.6 is 11.8 Å². The monoisotopic (exact) mass is 283 g/mol. The average molecular weight is 283 g/mol. The molecule has 0 radical (unpaired) electrons. The second-order valence-electron chi connectivity index (χ2n) is 3.61. The van der Waals surface area contributed by atoms with E-state index in [0.717, 1.165) is 6.07 Å². The van der Waals surface area contributed by atoms with Crippen molar-refractivity contribution in [2.24, 2.45) is 5.73 Å². The SMILES string of the molecule is CC(N)c1ccc(F)cc1OCCSC(F)(F)F. The van der Waals surface area contributed by atoms with E-state index in [1.54, 1.807) is 6.92 Å². The van der Waals surface area contributed by atoms with Gasteiger partial charge < -0.3 is 10.5 Å². The number of hydrogen-bond donors (Lipinski definition) is 1. The first-order chi connectivity index (χ1) is 8.29. The Kier molecular flexibility index (Phi) is 5.28. The summed E-state index contributed by atoms with van der Waals surface area (Å²) in [6, 6.07) is 3.44. The summed E-state index contributed by atoms with van der Waals surface area (Å²) in [5.41, 5.74) is 1.93. The number of nitrogens with two attached hydrogens (primary N) is 1. The predicted molar refractivity (Wildman–Crippen MR) is 63.0 cm³/mol. The topological polar surface area (TPSA) is 35.2 Å². The number of alkyl halides is 3. The lowest BCUT2D eigenvalue weighted by atomic mass is 10.1. The van der Waals surface area contributed by atoms with E-state index in [-0.39, 0.29) is 35.9 Å². The molecule has 0 heterocycles. The molecule has 0 aliphatic heterocycles. The van der Waals surface area contributed by atoms with Gasteiger partial charge in [-0.25, -0.2) is 4.39 Å². The van der Waals surface area contributed by atoms with Gasteiger partial charge in [-0.3, -0.25) is 0 Å². The van der Waals surface area contributed by atoms with Gasteiger partial charge in [0.15, 0.2) is 0 Å². The lowest BCUT2D eigenvalue weighted by Gasteiger charge is -2.14. The Balaban J connectivity index is 2.58. The molecule has 1 atom stereocenters. The third-order valence-electron chi connectivity index (χ3n) is 2.07. The van der Waals surface area contributed by atoms with Crippen molar-refractivity contribution >= 4 is 11.8 Å². The smallest absolute Gasteiger partial charge is 0.441 e. The van der Waals surface area contributed by atoms with Crippen LogP contribution in [-0.2, 0) is 0 Å². The van der Waals surface area contributed by atoms with Crippen LogP contribution in [0.4, 0.5) is 17.6 Å². The van der Waals surface area contributed by atoms with E-state index in [1.807, 2.05) is 0 Å². The lowest BCUT2D eigenvalue weighted by Crippen LogP contribution is -2.11. The standard InChI is InChI=1S/C11H13F4NOS/c1-7(16)9-3-2-8(12)6-10(9)17-4-5-18-11(13,14)15/h2-3,6-7H,4-5,16H2,1H3. The van der Waals surface area contributed by atoms with Crippen molar-refractivity contribution in [2.75, 3.05) is 12.4 Å². The molecular formula is C11H13F4NOS. The Morgan fingerprint density at radius 1 is 1.39 bits per heavy atom. The molecule has 0 aliphatic carbocycles. The van der Waals surface area contributed by atoms with Crippen LogP contribution in [0.2, 0.25) is 0 Å². The third kappa shape index (κ3) is 5.14. The van der Waals surface area contributed by atoms with E-state index >= 15 is 0 Å². The van der Waals surface area contributed by atoms with E-state index in [0.29, 0.717) is 5.56 Å². The first-order valence-corrected chi connectivity index (χ1v) is 6.16. The minimum atomic E-state index is -4.28. The quantitative estimate of drug-likeness (QED) is 0.664. The number of ether oxygens (including phenoxy) is 1. The van der Waals surface area contributed by atoms with Crippen LogP contribution in [0.3, 0.4) is 0 Å². The molecule has 1 aromatic carbocycles. The number of benzene rings is 1. The van der Waals surface area contributed by atoms with Crippen LogP contribution in [0, 0.1) is 5.82 Å². The van der Waals surface area contributed by atoms with E-state index in [1.165, 1.54) is 12.1 Å². The first-order valence-electron chi connectivity index (χ1n) is 5.18. The molecule has 0 saturated carbocycles. The molecule has 7 heteroatoms. The second-order valence-corrected chi connectivity index (χ2v) is 4.77. The van der Waals surface area contributed by atoms with Crippen LogP contribution in [0.15, 0.2) is 18.2 Å². The van der Waals surface area contributed by atoms with Crippen molar-refractivity contribution in [1.29, 1.82) is 0 Å². The molecular weight excluding hydrogens is 270 g/mol. The zero-order chi connectivity index (χ0) is 13.8. The van der Waals surface area contributed by atoms with Gasteiger partial charge in [0.05, 0.1) is 6.61 Å². The Morgan fingerprint density at radius 2 is 2.06 bits per heavy atom. The van der Waals surface area contributed by atoms with E-state index in [4.69, 9.17) is 10.5 Å². The summed E-state index contributed by atoms with van der Waals surface area (Å²) in [6.45, 7) is 1.53. The predicted octanol–water partition coefficient (Wildman–Crippen LogP) is 3.48. The summed E-state index contributed by atoms with van der Waals surface area (Å²) in [5, 5.41) is 0. The fraction of sp³-hybridized carbons (Fsp3) is 0.455. The maximum Gasteiger partial charge on any atom is 0.441 e. The minimum absolute atomic E-state index is 0.159. The Morgan fingerprint density at radius 3 is 2.61 bits per heavy atom. The maximum absolute atomic E-state index is 13.0. The molecule has 1 aromatic rings. The van der Waals surface area contributed by atoms with Crippen molar-refractivity contribution in [1.82, 2.24) is 0 Å². The van der Waals surface area contributed by atoms with E-state index in [2.05, 4.69) is 0 Å². The Hall–Kier alpha value is -0.950. The molecule has 0 fully saturated rings. The number of rotatable bonds is 5. The molecule has 102 valence electrons. The molecule has 0 aliphatic rings. The number of thioether (sulfide) groups is 1. The Labute approximate surface area is 106 Å². The molecule has 0 bridgehead atoms. The van der Waals surface area contributed by atoms with Gasteiger partial charge in [-0.15, -0.1) is 0 Å². The molecule has 0 amide bonds. The van der Waals surface area contributed by atoms with Crippen molar-refractivity contribution in [3.8, 4) is 5.75 Å². The molecule has 18 heavy (non-hydrogen) atoms. The molecule has 1 unspecified atom stereocenters. The van der Waals surface area contributed by atoms with Crippen molar-refractivity contribution in [3.05, 3.63) is 29.6 Å². The van der Waals surface area contributed by atoms with E-state index in [9.17, 15) is 17.6 Å². The van der Waals surface area contributed by atoms with Crippen LogP contribution in [-0.4, -0.2) is 17.9 Å². The van der Waals surface area contributed by atoms with Gasteiger partial charge in [-0.2, -0.15) is 13.2 Å². The van der Waals surface area contributed by atoms with Crippen molar-refractivity contribution in [3.63, 3.8) is 0 Å². The molecule has 2 nitrogen and oxygen atoms in total. The normalized spacial score (nSPS) is 13.4. The third-order valence-corrected chi connectivity index (χ3v) is 2.77. The highest BCUT2D eigenvalue weighted by Gasteiger charge is 2.27. The first kappa shape index (κ1) is 15.1. The highest BCUT2D eigenvalue weighted by Crippen LogP contribution is 2.30. The highest BCUT2D eigenvalue weighted by atomic mass is 32.2. The largest absolute Gasteiger partial charge is 0.492 e. The van der Waals surface area contributed by atoms with Gasteiger partial charge in [-0.05, 0) is 24.8 Å². The van der Waals surface area contributed by atoms with Crippen molar-refractivity contribution < 1.29 is 22.3 Å². The van der Waals surface area contributed by atoms with Crippen LogP contribution in [0.25, 0.3) is 0 Å². The van der Waals surface area contributed by atoms with E-state index < -0.39 is 11.3 Å². The van der Waals surface area contributed by atoms with Gasteiger partial charge in [0.2, 0.25) is 0 Å². The molecule has 2 N–H and O–H groups in total. The summed E-state index contributed by atoms with van der Waals surface area (Å²) < 4.78 is 53.8. The zero-order valence-corrected chi connectivity index (χ0v) is 10.4. The summed E-state index contributed by atoms with van der Waals surface area (Å²) in [7, 11) is 0. The van der Waals surface area contributed by atoms with Crippen LogP contribution < -0.4 is 10.5 Å². The van der Waals surface area contributed by atoms with Gasteiger partial charge in [0.25, 0.3) is 0 Å². The second kappa shape index (κ2) is 6.29. The summed E-state index contributed by atoms with van der Waals surface area (Å²) in [6.07, 6.45) is 0. The highest BCUT2D eigenvalue weighted by molar-refractivity contribution is 8.00. The molecule has 0 aromatic heterocycles. The Bertz CT molecular complexity index is 395. The van der Waals surface area contributed by atoms with Crippen molar-refractivity contribution in [2.45, 2.75) is 18.5 Å². The fourth-order valence-electron chi connectivity index (χ4n) is 1.32. The average Bonchev–Trinajstić information content (AvgIpc) is 2.22. The van der Waals surface area contributed by atoms with Gasteiger partial charge in [0, 0.05) is 23.4 Å². The van der Waals surface area contributed by atoms with Crippen LogP contribution in [0.1, 0.15) is 18.5 Å². The van der Waals surface area contributed by atoms with Gasteiger partial charge in [0.1, 0.15) is 11.6 Å². The molecule has 0 saturated heterocycles. The minimum Gasteiger partial charge on any atom is -0.492 e. The summed E-state index contributed by atoms with van der Waals surface area (Å²) in [4.78, 5) is 0. The number of hydrogen-bond acceptors (Lipinski definition) is 3. The lowest BCUT2D eigenvalue weighted by molar-refractivity contribution is -0.0329. The summed E-state index contributed by atoms with van der Waals surface area (Å²) >= 11 is -0.179. The van der Waals surface area contributed by atoms with Crippen LogP contribution in [0.5, 0.6) is 5.75 Å². The molecule has 1 rings (SSSR count). The fourth-order valence-corrected chi connectivity index (χ4v) is 1.72. The molecule has 0 spiro atoms. The van der Waals surface area contributed by atoms with Gasteiger partial charge >= 0.3 is 5.51 Å².